The lowest BCUT2D eigenvalue weighted by Gasteiger charge is -2.06. The van der Waals surface area contributed by atoms with Gasteiger partial charge in [0.1, 0.15) is 6.54 Å². The highest BCUT2D eigenvalue weighted by Crippen LogP contribution is 2.19. The number of carbonyl (C=O) groups excluding carboxylic acids is 2. The van der Waals surface area contributed by atoms with Gasteiger partial charge in [0.05, 0.1) is 6.20 Å². The molecule has 0 saturated heterocycles. The molecule has 0 aliphatic carbocycles. The van der Waals surface area contributed by atoms with E-state index < -0.39 is 23.6 Å². The molecule has 0 radical (unpaired) electrons. The summed E-state index contributed by atoms with van der Waals surface area (Å²) in [5.74, 6) is -2.05. The number of hydrogen-bond donors (Lipinski definition) is 1. The monoisotopic (exact) mass is 292 g/mol. The zero-order valence-corrected chi connectivity index (χ0v) is 11.1. The van der Waals surface area contributed by atoms with E-state index in [2.05, 4.69) is 15.6 Å². The molecule has 1 N–H and O–H groups in total. The molecule has 0 aromatic carbocycles. The van der Waals surface area contributed by atoms with Crippen LogP contribution in [-0.2, 0) is 11.3 Å². The highest BCUT2D eigenvalue weighted by Gasteiger charge is 2.41. The maximum atomic E-state index is 12.1. The molecule has 1 amide bonds. The standard InChI is InChI=1S/C11H15F3N4O2/c1-7(2)3-4-15-9(19)6-18-5-8(16-17-18)10(20)11(12,13)14/h5,7H,3-4,6H2,1-2H3,(H,15,19). The third kappa shape index (κ3) is 4.98. The van der Waals surface area contributed by atoms with Gasteiger partial charge < -0.3 is 5.32 Å². The van der Waals surface area contributed by atoms with Gasteiger partial charge in [-0.25, -0.2) is 4.68 Å². The van der Waals surface area contributed by atoms with E-state index in [9.17, 15) is 22.8 Å². The Labute approximate surface area is 113 Å². The third-order valence-corrected chi connectivity index (χ3v) is 2.38. The first-order valence-electron chi connectivity index (χ1n) is 5.98. The number of ketones is 1. The molecule has 0 aliphatic rings. The van der Waals surface area contributed by atoms with Crippen LogP contribution in [0.25, 0.3) is 0 Å². The maximum absolute atomic E-state index is 12.1. The van der Waals surface area contributed by atoms with Crippen molar-refractivity contribution in [2.24, 2.45) is 5.92 Å². The molecule has 0 unspecified atom stereocenters. The van der Waals surface area contributed by atoms with E-state index in [4.69, 9.17) is 0 Å². The van der Waals surface area contributed by atoms with Gasteiger partial charge in [0, 0.05) is 6.54 Å². The molecule has 1 aromatic heterocycles. The molecule has 0 aliphatic heterocycles. The fourth-order valence-electron chi connectivity index (χ4n) is 1.33. The molecule has 0 bridgehead atoms. The second-order valence-electron chi connectivity index (χ2n) is 4.66. The number of carbonyl (C=O) groups is 2. The number of aromatic nitrogens is 3. The number of nitrogens with zero attached hydrogens (tertiary/aromatic N) is 3. The average Bonchev–Trinajstić information content (AvgIpc) is 2.74. The number of amides is 1. The van der Waals surface area contributed by atoms with Gasteiger partial charge in [0.2, 0.25) is 5.91 Å². The molecule has 1 rings (SSSR count). The molecule has 20 heavy (non-hydrogen) atoms. The quantitative estimate of drug-likeness (QED) is 0.799. The van der Waals surface area contributed by atoms with Gasteiger partial charge in [-0.2, -0.15) is 13.2 Å². The summed E-state index contributed by atoms with van der Waals surface area (Å²) in [5.41, 5.74) is -0.826. The van der Waals surface area contributed by atoms with Crippen LogP contribution < -0.4 is 5.32 Å². The summed E-state index contributed by atoms with van der Waals surface area (Å²) in [5, 5.41) is 9.02. The van der Waals surface area contributed by atoms with Crippen molar-refractivity contribution in [3.8, 4) is 0 Å². The molecule has 9 heteroatoms. The van der Waals surface area contributed by atoms with Crippen molar-refractivity contribution < 1.29 is 22.8 Å². The van der Waals surface area contributed by atoms with Crippen LogP contribution >= 0.6 is 0 Å². The van der Waals surface area contributed by atoms with E-state index in [1.165, 1.54) is 0 Å². The van der Waals surface area contributed by atoms with Crippen LogP contribution in [0.4, 0.5) is 13.2 Å². The fraction of sp³-hybridized carbons (Fsp3) is 0.636. The van der Waals surface area contributed by atoms with Gasteiger partial charge in [-0.15, -0.1) is 5.10 Å². The summed E-state index contributed by atoms with van der Waals surface area (Å²) >= 11 is 0. The third-order valence-electron chi connectivity index (χ3n) is 2.38. The normalized spacial score (nSPS) is 11.7. The van der Waals surface area contributed by atoms with Crippen molar-refractivity contribution in [2.45, 2.75) is 33.0 Å². The molecule has 0 spiro atoms. The molecular weight excluding hydrogens is 277 g/mol. The Bertz CT molecular complexity index is 482. The van der Waals surface area contributed by atoms with Crippen LogP contribution in [0.2, 0.25) is 0 Å². The lowest BCUT2D eigenvalue weighted by molar-refractivity contribution is -0.121. The minimum Gasteiger partial charge on any atom is -0.354 e. The van der Waals surface area contributed by atoms with E-state index in [0.717, 1.165) is 17.3 Å². The van der Waals surface area contributed by atoms with E-state index >= 15 is 0 Å². The number of nitrogens with one attached hydrogen (secondary N) is 1. The predicted molar refractivity (Wildman–Crippen MR) is 62.9 cm³/mol. The zero-order chi connectivity index (χ0) is 15.3. The van der Waals surface area contributed by atoms with E-state index in [-0.39, 0.29) is 6.54 Å². The number of alkyl halides is 3. The lowest BCUT2D eigenvalue weighted by atomic mass is 10.1. The SMILES string of the molecule is CC(C)CCNC(=O)Cn1cc(C(=O)C(F)(F)F)nn1. The Balaban J connectivity index is 2.52. The van der Waals surface area contributed by atoms with Crippen LogP contribution in [0, 0.1) is 5.92 Å². The van der Waals surface area contributed by atoms with Gasteiger partial charge >= 0.3 is 6.18 Å². The Kier molecular flexibility index (Phi) is 5.23. The van der Waals surface area contributed by atoms with Crippen molar-refractivity contribution in [3.05, 3.63) is 11.9 Å². The lowest BCUT2D eigenvalue weighted by Crippen LogP contribution is -2.29. The van der Waals surface area contributed by atoms with E-state index in [0.29, 0.717) is 12.5 Å². The highest BCUT2D eigenvalue weighted by molar-refractivity contribution is 5.98. The molecular formula is C11H15F3N4O2. The summed E-state index contributed by atoms with van der Waals surface area (Å²) in [4.78, 5) is 22.3. The van der Waals surface area contributed by atoms with Crippen molar-refractivity contribution in [1.29, 1.82) is 0 Å². The Hall–Kier alpha value is -1.93. The minimum atomic E-state index is -5.00. The van der Waals surface area contributed by atoms with Gasteiger partial charge in [-0.1, -0.05) is 19.1 Å². The van der Waals surface area contributed by atoms with Crippen molar-refractivity contribution in [1.82, 2.24) is 20.3 Å². The topological polar surface area (TPSA) is 76.9 Å². The minimum absolute atomic E-state index is 0.282. The number of hydrogen-bond acceptors (Lipinski definition) is 4. The maximum Gasteiger partial charge on any atom is 0.456 e. The molecule has 0 saturated carbocycles. The van der Waals surface area contributed by atoms with Crippen LogP contribution in [0.1, 0.15) is 30.8 Å². The fourth-order valence-corrected chi connectivity index (χ4v) is 1.33. The van der Waals surface area contributed by atoms with Crippen LogP contribution in [0.3, 0.4) is 0 Å². The second-order valence-corrected chi connectivity index (χ2v) is 4.66. The summed E-state index contributed by atoms with van der Waals surface area (Å²) in [6, 6.07) is 0. The smallest absolute Gasteiger partial charge is 0.354 e. The Morgan fingerprint density at radius 1 is 1.40 bits per heavy atom. The van der Waals surface area contributed by atoms with E-state index in [1.807, 2.05) is 13.8 Å². The molecule has 1 heterocycles. The summed E-state index contributed by atoms with van der Waals surface area (Å²) in [6.45, 7) is 4.19. The Morgan fingerprint density at radius 2 is 2.05 bits per heavy atom. The van der Waals surface area contributed by atoms with Gasteiger partial charge in [0.15, 0.2) is 5.69 Å². The first-order valence-corrected chi connectivity index (χ1v) is 5.98. The van der Waals surface area contributed by atoms with Gasteiger partial charge in [-0.05, 0) is 12.3 Å². The first-order chi connectivity index (χ1) is 9.20. The second kappa shape index (κ2) is 6.49. The average molecular weight is 292 g/mol. The largest absolute Gasteiger partial charge is 0.456 e. The van der Waals surface area contributed by atoms with Crippen molar-refractivity contribution in [2.75, 3.05) is 6.54 Å². The summed E-state index contributed by atoms with van der Waals surface area (Å²) in [6.07, 6.45) is -3.40. The molecule has 6 nitrogen and oxygen atoms in total. The highest BCUT2D eigenvalue weighted by atomic mass is 19.4. The number of halogens is 3. The van der Waals surface area contributed by atoms with Gasteiger partial charge in [-0.3, -0.25) is 9.59 Å². The molecule has 0 fully saturated rings. The van der Waals surface area contributed by atoms with Crippen molar-refractivity contribution in [3.63, 3.8) is 0 Å². The first kappa shape index (κ1) is 16.1. The predicted octanol–water partition coefficient (Wildman–Crippen LogP) is 1.19. The van der Waals surface area contributed by atoms with Crippen molar-refractivity contribution >= 4 is 11.7 Å². The van der Waals surface area contributed by atoms with Crippen LogP contribution in [0.15, 0.2) is 6.20 Å². The number of Topliss-reactive ketones (excluding diaryl/α,β-unsaturated/α-hetero) is 1. The molecule has 0 atom stereocenters. The van der Waals surface area contributed by atoms with Gasteiger partial charge in [0.25, 0.3) is 5.78 Å². The molecule has 1 aromatic rings. The summed E-state index contributed by atoms with van der Waals surface area (Å²) < 4.78 is 37.3. The zero-order valence-electron chi connectivity index (χ0n) is 11.1. The summed E-state index contributed by atoms with van der Waals surface area (Å²) in [7, 11) is 0. The van der Waals surface area contributed by atoms with Crippen LogP contribution in [0.5, 0.6) is 0 Å². The van der Waals surface area contributed by atoms with E-state index in [1.54, 1.807) is 0 Å². The molecule has 112 valence electrons. The Morgan fingerprint density at radius 3 is 2.60 bits per heavy atom. The number of rotatable bonds is 6. The van der Waals surface area contributed by atoms with Crippen LogP contribution in [-0.4, -0.2) is 39.4 Å².